The van der Waals surface area contributed by atoms with E-state index in [9.17, 15) is 0 Å². The van der Waals surface area contributed by atoms with Gasteiger partial charge in [0.15, 0.2) is 0 Å². The molecular weight excluding hydrogens is 204 g/mol. The van der Waals surface area contributed by atoms with Crippen molar-refractivity contribution in [2.75, 3.05) is 13.2 Å². The number of guanidine groups is 1. The van der Waals surface area contributed by atoms with Crippen LogP contribution in [0, 0.1) is 0 Å². The molecule has 92 valence electrons. The number of nitrogens with two attached hydrogens (primary N) is 1. The standard InChI is InChI=1S/C11H22N4O/c12-15-11(14-9-4-1-2-5-9)13-8-10-6-3-7-16-10/h9-10H,1-8,12H2,(H2,13,14,15). The highest BCUT2D eigenvalue weighted by Crippen LogP contribution is 2.17. The molecule has 1 aliphatic heterocycles. The number of hydrogen-bond acceptors (Lipinski definition) is 3. The van der Waals surface area contributed by atoms with Gasteiger partial charge < -0.3 is 10.1 Å². The normalized spacial score (nSPS) is 27.3. The van der Waals surface area contributed by atoms with Gasteiger partial charge in [-0.2, -0.15) is 0 Å². The molecule has 0 amide bonds. The molecule has 16 heavy (non-hydrogen) atoms. The van der Waals surface area contributed by atoms with Crippen LogP contribution in [0.2, 0.25) is 0 Å². The number of hydrazine groups is 1. The first-order valence-electron chi connectivity index (χ1n) is 6.27. The molecular formula is C11H22N4O. The second-order valence-electron chi connectivity index (χ2n) is 4.59. The van der Waals surface area contributed by atoms with Crippen LogP contribution in [-0.2, 0) is 4.74 Å². The average Bonchev–Trinajstić information content (AvgIpc) is 2.97. The predicted molar refractivity (Wildman–Crippen MR) is 64.0 cm³/mol. The number of hydrogen-bond donors (Lipinski definition) is 3. The first kappa shape index (κ1) is 11.7. The zero-order valence-corrected chi connectivity index (χ0v) is 9.74. The lowest BCUT2D eigenvalue weighted by atomic mass is 10.2. The Hall–Kier alpha value is -0.810. The first-order valence-corrected chi connectivity index (χ1v) is 6.27. The van der Waals surface area contributed by atoms with Crippen LogP contribution in [0.15, 0.2) is 4.99 Å². The molecule has 0 aromatic carbocycles. The van der Waals surface area contributed by atoms with Gasteiger partial charge in [-0.25, -0.2) is 10.8 Å². The minimum atomic E-state index is 0.286. The number of nitrogens with one attached hydrogen (secondary N) is 2. The van der Waals surface area contributed by atoms with Gasteiger partial charge in [-0.05, 0) is 25.7 Å². The van der Waals surface area contributed by atoms with E-state index in [4.69, 9.17) is 10.6 Å². The fourth-order valence-electron chi connectivity index (χ4n) is 2.38. The van der Waals surface area contributed by atoms with Crippen LogP contribution in [0.5, 0.6) is 0 Å². The summed E-state index contributed by atoms with van der Waals surface area (Å²) in [5.74, 6) is 6.16. The summed E-state index contributed by atoms with van der Waals surface area (Å²) >= 11 is 0. The third-order valence-electron chi connectivity index (χ3n) is 3.31. The number of aliphatic imine (C=N–C) groups is 1. The van der Waals surface area contributed by atoms with Gasteiger partial charge in [-0.3, -0.25) is 5.43 Å². The van der Waals surface area contributed by atoms with E-state index in [0.29, 0.717) is 18.5 Å². The van der Waals surface area contributed by atoms with Gasteiger partial charge in [0.2, 0.25) is 5.96 Å². The van der Waals surface area contributed by atoms with Gasteiger partial charge in [-0.15, -0.1) is 0 Å². The van der Waals surface area contributed by atoms with Gasteiger partial charge in [0.05, 0.1) is 12.6 Å². The highest BCUT2D eigenvalue weighted by molar-refractivity contribution is 5.79. The number of rotatable bonds is 3. The molecule has 1 aliphatic carbocycles. The van der Waals surface area contributed by atoms with E-state index < -0.39 is 0 Å². The fourth-order valence-corrected chi connectivity index (χ4v) is 2.38. The fraction of sp³-hybridized carbons (Fsp3) is 0.909. The van der Waals surface area contributed by atoms with Crippen molar-refractivity contribution in [2.45, 2.75) is 50.7 Å². The summed E-state index contributed by atoms with van der Waals surface area (Å²) in [6.45, 7) is 1.58. The molecule has 2 aliphatic rings. The molecule has 2 fully saturated rings. The summed E-state index contributed by atoms with van der Waals surface area (Å²) in [6, 6.07) is 0.541. The highest BCUT2D eigenvalue weighted by Gasteiger charge is 2.17. The van der Waals surface area contributed by atoms with E-state index in [1.54, 1.807) is 0 Å². The molecule has 1 heterocycles. The van der Waals surface area contributed by atoms with E-state index in [1.807, 2.05) is 0 Å². The topological polar surface area (TPSA) is 71.7 Å². The summed E-state index contributed by atoms with van der Waals surface area (Å²) in [6.07, 6.45) is 7.62. The van der Waals surface area contributed by atoms with Crippen LogP contribution < -0.4 is 16.6 Å². The molecule has 2 rings (SSSR count). The third kappa shape index (κ3) is 3.35. The summed E-state index contributed by atoms with van der Waals surface area (Å²) in [7, 11) is 0. The Labute approximate surface area is 96.8 Å². The molecule has 1 atom stereocenters. The lowest BCUT2D eigenvalue weighted by Crippen LogP contribution is -2.46. The summed E-state index contributed by atoms with van der Waals surface area (Å²) < 4.78 is 5.51. The molecule has 1 saturated heterocycles. The number of nitrogens with zero attached hydrogens (tertiary/aromatic N) is 1. The lowest BCUT2D eigenvalue weighted by molar-refractivity contribution is 0.117. The molecule has 5 heteroatoms. The third-order valence-corrected chi connectivity index (χ3v) is 3.31. The lowest BCUT2D eigenvalue weighted by Gasteiger charge is -2.15. The maximum atomic E-state index is 5.51. The predicted octanol–water partition coefficient (Wildman–Crippen LogP) is 0.517. The Morgan fingerprint density at radius 3 is 2.69 bits per heavy atom. The van der Waals surface area contributed by atoms with Crippen molar-refractivity contribution in [3.8, 4) is 0 Å². The maximum Gasteiger partial charge on any atom is 0.206 e. The quantitative estimate of drug-likeness (QED) is 0.284. The zero-order valence-electron chi connectivity index (χ0n) is 9.74. The van der Waals surface area contributed by atoms with Crippen LogP contribution in [-0.4, -0.2) is 31.3 Å². The molecule has 0 aromatic rings. The molecule has 1 saturated carbocycles. The van der Waals surface area contributed by atoms with Gasteiger partial charge in [0.25, 0.3) is 0 Å². The van der Waals surface area contributed by atoms with Gasteiger partial charge in [-0.1, -0.05) is 12.8 Å². The molecule has 0 radical (unpaired) electrons. The monoisotopic (exact) mass is 226 g/mol. The molecule has 1 unspecified atom stereocenters. The van der Waals surface area contributed by atoms with Gasteiger partial charge in [0, 0.05) is 12.6 Å². The van der Waals surface area contributed by atoms with Crippen LogP contribution in [0.3, 0.4) is 0 Å². The van der Waals surface area contributed by atoms with Crippen LogP contribution >= 0.6 is 0 Å². The van der Waals surface area contributed by atoms with E-state index in [1.165, 1.54) is 25.7 Å². The smallest absolute Gasteiger partial charge is 0.206 e. The van der Waals surface area contributed by atoms with Crippen molar-refractivity contribution in [1.29, 1.82) is 0 Å². The largest absolute Gasteiger partial charge is 0.376 e. The SMILES string of the molecule is NNC(=NCC1CCCO1)NC1CCCC1. The van der Waals surface area contributed by atoms with Crippen molar-refractivity contribution < 1.29 is 4.74 Å². The van der Waals surface area contributed by atoms with Crippen LogP contribution in [0.25, 0.3) is 0 Å². The Morgan fingerprint density at radius 1 is 1.25 bits per heavy atom. The summed E-state index contributed by atoms with van der Waals surface area (Å²) in [5.41, 5.74) is 2.64. The molecule has 5 nitrogen and oxygen atoms in total. The molecule has 0 spiro atoms. The van der Waals surface area contributed by atoms with Gasteiger partial charge >= 0.3 is 0 Å². The van der Waals surface area contributed by atoms with E-state index in [0.717, 1.165) is 19.4 Å². The van der Waals surface area contributed by atoms with E-state index in [2.05, 4.69) is 15.7 Å². The number of ether oxygens (including phenoxy) is 1. The van der Waals surface area contributed by atoms with Crippen molar-refractivity contribution in [2.24, 2.45) is 10.8 Å². The maximum absolute atomic E-state index is 5.51. The Morgan fingerprint density at radius 2 is 2.06 bits per heavy atom. The molecule has 0 aromatic heterocycles. The average molecular weight is 226 g/mol. The van der Waals surface area contributed by atoms with Crippen LogP contribution in [0.4, 0.5) is 0 Å². The van der Waals surface area contributed by atoms with E-state index in [-0.39, 0.29) is 6.10 Å². The van der Waals surface area contributed by atoms with Crippen molar-refractivity contribution in [1.82, 2.24) is 10.7 Å². The molecule has 0 bridgehead atoms. The van der Waals surface area contributed by atoms with Crippen LogP contribution in [0.1, 0.15) is 38.5 Å². The summed E-state index contributed by atoms with van der Waals surface area (Å²) in [5, 5.41) is 3.35. The van der Waals surface area contributed by atoms with Crippen molar-refractivity contribution >= 4 is 5.96 Å². The second-order valence-corrected chi connectivity index (χ2v) is 4.59. The van der Waals surface area contributed by atoms with Crippen molar-refractivity contribution in [3.63, 3.8) is 0 Å². The van der Waals surface area contributed by atoms with Crippen molar-refractivity contribution in [3.05, 3.63) is 0 Å². The highest BCUT2D eigenvalue weighted by atomic mass is 16.5. The molecule has 4 N–H and O–H groups in total. The zero-order chi connectivity index (χ0) is 11.2. The van der Waals surface area contributed by atoms with Gasteiger partial charge in [0.1, 0.15) is 0 Å². The minimum absolute atomic E-state index is 0.286. The Balaban J connectivity index is 1.75. The van der Waals surface area contributed by atoms with E-state index >= 15 is 0 Å². The Bertz CT molecular complexity index is 232. The second kappa shape index (κ2) is 6.06. The Kier molecular flexibility index (Phi) is 4.42. The minimum Gasteiger partial charge on any atom is -0.376 e. The first-order chi connectivity index (χ1) is 7.88. The summed E-state index contributed by atoms with van der Waals surface area (Å²) in [4.78, 5) is 4.43.